The van der Waals surface area contributed by atoms with E-state index in [1.54, 1.807) is 24.3 Å². The summed E-state index contributed by atoms with van der Waals surface area (Å²) < 4.78 is 9.73. The van der Waals surface area contributed by atoms with Crippen LogP contribution in [0.5, 0.6) is 5.75 Å². The number of hydrogen-bond donors (Lipinski definition) is 1. The van der Waals surface area contributed by atoms with Crippen LogP contribution in [-0.4, -0.2) is 37.5 Å². The fourth-order valence-electron chi connectivity index (χ4n) is 2.51. The van der Waals surface area contributed by atoms with Crippen molar-refractivity contribution in [3.05, 3.63) is 64.7 Å². The van der Waals surface area contributed by atoms with E-state index < -0.39 is 23.8 Å². The molecular weight excluding hydrogens is 400 g/mol. The monoisotopic (exact) mass is 414 g/mol. The molecule has 1 aliphatic rings. The highest BCUT2D eigenvalue weighted by molar-refractivity contribution is 6.39. The van der Waals surface area contributed by atoms with Crippen LogP contribution in [0.25, 0.3) is 6.08 Å². The molecule has 0 spiro atoms. The number of amides is 4. The third-order valence-electron chi connectivity index (χ3n) is 3.96. The van der Waals surface area contributed by atoms with Crippen molar-refractivity contribution in [2.24, 2.45) is 0 Å². The normalized spacial score (nSPS) is 15.3. The number of esters is 1. The summed E-state index contributed by atoms with van der Waals surface area (Å²) >= 11 is 5.84. The van der Waals surface area contributed by atoms with E-state index >= 15 is 0 Å². The highest BCUT2D eigenvalue weighted by Crippen LogP contribution is 2.24. The molecule has 0 aromatic heterocycles. The van der Waals surface area contributed by atoms with Gasteiger partial charge in [0.2, 0.25) is 0 Å². The van der Waals surface area contributed by atoms with E-state index in [0.29, 0.717) is 16.3 Å². The van der Waals surface area contributed by atoms with Gasteiger partial charge < -0.3 is 9.47 Å². The summed E-state index contributed by atoms with van der Waals surface area (Å²) in [6.07, 6.45) is 1.36. The van der Waals surface area contributed by atoms with Gasteiger partial charge in [-0.25, -0.2) is 14.5 Å². The molecule has 8 nitrogen and oxygen atoms in total. The number of rotatable bonds is 5. The molecule has 29 heavy (non-hydrogen) atoms. The van der Waals surface area contributed by atoms with E-state index in [9.17, 15) is 19.2 Å². The van der Waals surface area contributed by atoms with Gasteiger partial charge in [0.1, 0.15) is 11.3 Å². The zero-order valence-electron chi connectivity index (χ0n) is 15.2. The molecule has 1 heterocycles. The number of urea groups is 1. The number of barbiturate groups is 1. The average molecular weight is 415 g/mol. The molecular formula is C20H15ClN2O6. The van der Waals surface area contributed by atoms with Gasteiger partial charge in [0.25, 0.3) is 11.8 Å². The summed E-state index contributed by atoms with van der Waals surface area (Å²) in [6, 6.07) is 11.6. The number of hydrogen-bond acceptors (Lipinski definition) is 6. The molecule has 0 atom stereocenters. The van der Waals surface area contributed by atoms with Gasteiger partial charge in [-0.2, -0.15) is 0 Å². The van der Waals surface area contributed by atoms with Crippen molar-refractivity contribution < 1.29 is 28.7 Å². The molecule has 1 N–H and O–H groups in total. The Morgan fingerprint density at radius 3 is 2.34 bits per heavy atom. The lowest BCUT2D eigenvalue weighted by Crippen LogP contribution is -2.54. The Morgan fingerprint density at radius 1 is 1.07 bits per heavy atom. The Kier molecular flexibility index (Phi) is 5.94. The zero-order chi connectivity index (χ0) is 21.0. The number of nitrogens with one attached hydrogen (secondary N) is 1. The molecule has 0 aliphatic carbocycles. The van der Waals surface area contributed by atoms with E-state index in [1.165, 1.54) is 37.5 Å². The average Bonchev–Trinajstić information content (AvgIpc) is 2.71. The second-order valence-electron chi connectivity index (χ2n) is 5.87. The van der Waals surface area contributed by atoms with Gasteiger partial charge in [-0.15, -0.1) is 0 Å². The van der Waals surface area contributed by atoms with Gasteiger partial charge >= 0.3 is 12.0 Å². The number of methoxy groups -OCH3 is 1. The number of carbonyl (C=O) groups excluding carboxylic acids is 4. The van der Waals surface area contributed by atoms with Crippen molar-refractivity contribution in [2.75, 3.05) is 18.6 Å². The summed E-state index contributed by atoms with van der Waals surface area (Å²) in [5, 5.41) is 2.59. The summed E-state index contributed by atoms with van der Waals surface area (Å²) in [5.74, 6) is -1.66. The number of nitrogens with zero attached hydrogens (tertiary/aromatic N) is 1. The van der Waals surface area contributed by atoms with Gasteiger partial charge in [0, 0.05) is 5.02 Å². The molecule has 148 valence electrons. The third kappa shape index (κ3) is 4.61. The third-order valence-corrected chi connectivity index (χ3v) is 4.21. The SMILES string of the molecule is COC(=O)COc1ccc(/C=C2\C(=O)NC(=O)N(c3ccc(Cl)cc3)C2=O)cc1. The van der Waals surface area contributed by atoms with Crippen molar-refractivity contribution in [1.29, 1.82) is 0 Å². The van der Waals surface area contributed by atoms with Crippen molar-refractivity contribution in [2.45, 2.75) is 0 Å². The van der Waals surface area contributed by atoms with Crippen LogP contribution in [0.1, 0.15) is 5.56 Å². The Hall–Kier alpha value is -3.65. The molecule has 0 saturated carbocycles. The first-order valence-corrected chi connectivity index (χ1v) is 8.73. The Balaban J connectivity index is 1.82. The minimum absolute atomic E-state index is 0.206. The summed E-state index contributed by atoms with van der Waals surface area (Å²) in [7, 11) is 1.26. The van der Waals surface area contributed by atoms with Crippen LogP contribution in [0.15, 0.2) is 54.1 Å². The van der Waals surface area contributed by atoms with Crippen LogP contribution >= 0.6 is 11.6 Å². The van der Waals surface area contributed by atoms with Crippen molar-refractivity contribution in [1.82, 2.24) is 5.32 Å². The minimum Gasteiger partial charge on any atom is -0.482 e. The number of benzene rings is 2. The predicted molar refractivity (Wildman–Crippen MR) is 104 cm³/mol. The first-order valence-electron chi connectivity index (χ1n) is 8.36. The smallest absolute Gasteiger partial charge is 0.343 e. The maximum atomic E-state index is 12.8. The fourth-order valence-corrected chi connectivity index (χ4v) is 2.64. The molecule has 1 aliphatic heterocycles. The molecule has 4 amide bonds. The van der Waals surface area contributed by atoms with E-state index in [0.717, 1.165) is 4.90 Å². The second kappa shape index (κ2) is 8.57. The van der Waals surface area contributed by atoms with E-state index in [1.807, 2.05) is 0 Å². The maximum absolute atomic E-state index is 12.8. The van der Waals surface area contributed by atoms with E-state index in [4.69, 9.17) is 16.3 Å². The van der Waals surface area contributed by atoms with Crippen LogP contribution in [0.3, 0.4) is 0 Å². The molecule has 1 saturated heterocycles. The zero-order valence-corrected chi connectivity index (χ0v) is 15.9. The Bertz CT molecular complexity index is 999. The lowest BCUT2D eigenvalue weighted by atomic mass is 10.1. The van der Waals surface area contributed by atoms with Crippen LogP contribution in [-0.2, 0) is 19.1 Å². The molecule has 0 bridgehead atoms. The summed E-state index contributed by atoms with van der Waals surface area (Å²) in [4.78, 5) is 49.1. The molecule has 9 heteroatoms. The van der Waals surface area contributed by atoms with Crippen molar-refractivity contribution >= 4 is 47.2 Å². The number of halogens is 1. The van der Waals surface area contributed by atoms with Gasteiger partial charge in [0.05, 0.1) is 12.8 Å². The van der Waals surface area contributed by atoms with Crippen LogP contribution in [0.2, 0.25) is 5.02 Å². The summed E-state index contributed by atoms with van der Waals surface area (Å²) in [5.41, 5.74) is 0.601. The van der Waals surface area contributed by atoms with Crippen LogP contribution < -0.4 is 15.0 Å². The maximum Gasteiger partial charge on any atom is 0.343 e. The van der Waals surface area contributed by atoms with Gasteiger partial charge in [-0.3, -0.25) is 14.9 Å². The fraction of sp³-hybridized carbons (Fsp3) is 0.100. The Morgan fingerprint density at radius 2 is 1.72 bits per heavy atom. The molecule has 0 unspecified atom stereocenters. The molecule has 2 aromatic carbocycles. The standard InChI is InChI=1S/C20H15ClN2O6/c1-28-17(24)11-29-15-8-2-12(3-9-15)10-16-18(25)22-20(27)23(19(16)26)14-6-4-13(21)5-7-14/h2-10H,11H2,1H3,(H,22,25,27)/b16-10+. The van der Waals surface area contributed by atoms with Gasteiger partial charge in [-0.1, -0.05) is 23.7 Å². The number of carbonyl (C=O) groups is 4. The second-order valence-corrected chi connectivity index (χ2v) is 6.30. The Labute approximate surface area is 170 Å². The number of imide groups is 2. The van der Waals surface area contributed by atoms with Crippen LogP contribution in [0, 0.1) is 0 Å². The number of ether oxygens (including phenoxy) is 2. The van der Waals surface area contributed by atoms with Crippen molar-refractivity contribution in [3.63, 3.8) is 0 Å². The summed E-state index contributed by atoms with van der Waals surface area (Å²) in [6.45, 7) is -0.240. The van der Waals surface area contributed by atoms with E-state index in [-0.39, 0.29) is 17.9 Å². The van der Waals surface area contributed by atoms with Gasteiger partial charge in [-0.05, 0) is 48.0 Å². The first kappa shape index (κ1) is 20.1. The minimum atomic E-state index is -0.842. The van der Waals surface area contributed by atoms with Gasteiger partial charge in [0.15, 0.2) is 6.61 Å². The molecule has 0 radical (unpaired) electrons. The predicted octanol–water partition coefficient (Wildman–Crippen LogP) is 2.56. The highest BCUT2D eigenvalue weighted by Gasteiger charge is 2.36. The van der Waals surface area contributed by atoms with E-state index in [2.05, 4.69) is 10.1 Å². The quantitative estimate of drug-likeness (QED) is 0.458. The topological polar surface area (TPSA) is 102 Å². The lowest BCUT2D eigenvalue weighted by Gasteiger charge is -2.26. The first-order chi connectivity index (χ1) is 13.9. The largest absolute Gasteiger partial charge is 0.482 e. The molecule has 2 aromatic rings. The number of anilines is 1. The van der Waals surface area contributed by atoms with Crippen LogP contribution in [0.4, 0.5) is 10.5 Å². The highest BCUT2D eigenvalue weighted by atomic mass is 35.5. The molecule has 3 rings (SSSR count). The van der Waals surface area contributed by atoms with Crippen molar-refractivity contribution in [3.8, 4) is 5.75 Å². The lowest BCUT2D eigenvalue weighted by molar-refractivity contribution is -0.143. The molecule has 1 fully saturated rings.